The molecule has 1 heterocycles. The van der Waals surface area contributed by atoms with Gasteiger partial charge in [0.1, 0.15) is 5.69 Å². The summed E-state index contributed by atoms with van der Waals surface area (Å²) >= 11 is 0. The number of para-hydroxylation sites is 1. The van der Waals surface area contributed by atoms with E-state index in [-0.39, 0.29) is 5.92 Å². The molecule has 1 aliphatic carbocycles. The zero-order chi connectivity index (χ0) is 16.6. The number of alkyl halides is 3. The monoisotopic (exact) mass is 323 g/mol. The Bertz CT molecular complexity index is 705. The number of fused-ring (bicyclic) bond motifs is 1. The van der Waals surface area contributed by atoms with Crippen LogP contribution in [-0.2, 0) is 6.18 Å². The standard InChI is InChI=1S/C18H20F3NO/c1-11-6-5-9-13-14(17(23)12-7-3-2-4-8-12)10-15(18(19,20)21)22-16(11)13/h5-6,9-10,12,17,23H,2-4,7-8H2,1H3. The topological polar surface area (TPSA) is 33.1 Å². The van der Waals surface area contributed by atoms with Crippen LogP contribution in [0.15, 0.2) is 24.3 Å². The number of aryl methyl sites for hydroxylation is 1. The highest BCUT2D eigenvalue weighted by atomic mass is 19.4. The van der Waals surface area contributed by atoms with Crippen LogP contribution in [0.3, 0.4) is 0 Å². The minimum Gasteiger partial charge on any atom is -0.388 e. The summed E-state index contributed by atoms with van der Waals surface area (Å²) in [6.07, 6.45) is -0.490. The fraction of sp³-hybridized carbons (Fsp3) is 0.500. The predicted molar refractivity (Wildman–Crippen MR) is 83.0 cm³/mol. The number of rotatable bonds is 2. The number of benzene rings is 1. The van der Waals surface area contributed by atoms with Gasteiger partial charge >= 0.3 is 6.18 Å². The molecule has 1 aromatic carbocycles. The van der Waals surface area contributed by atoms with Crippen LogP contribution in [0.4, 0.5) is 13.2 Å². The molecule has 0 aliphatic heterocycles. The molecule has 5 heteroatoms. The van der Waals surface area contributed by atoms with Gasteiger partial charge in [-0.1, -0.05) is 37.5 Å². The molecule has 0 spiro atoms. The SMILES string of the molecule is Cc1cccc2c(C(O)C3CCCCC3)cc(C(F)(F)F)nc12. The smallest absolute Gasteiger partial charge is 0.388 e. The molecular formula is C18H20F3NO. The Morgan fingerprint density at radius 3 is 2.52 bits per heavy atom. The van der Waals surface area contributed by atoms with E-state index in [2.05, 4.69) is 4.98 Å². The van der Waals surface area contributed by atoms with E-state index in [0.717, 1.165) is 38.2 Å². The van der Waals surface area contributed by atoms with Crippen LogP contribution < -0.4 is 0 Å². The third-order valence-corrected chi connectivity index (χ3v) is 4.78. The van der Waals surface area contributed by atoms with Crippen LogP contribution in [0.2, 0.25) is 0 Å². The van der Waals surface area contributed by atoms with E-state index < -0.39 is 18.0 Å². The summed E-state index contributed by atoms with van der Waals surface area (Å²) in [5.74, 6) is 0.0240. The molecule has 1 atom stereocenters. The number of pyridine rings is 1. The number of nitrogens with zero attached hydrogens (tertiary/aromatic N) is 1. The molecule has 1 aromatic heterocycles. The largest absolute Gasteiger partial charge is 0.433 e. The Kier molecular flexibility index (Phi) is 4.32. The Morgan fingerprint density at radius 1 is 1.17 bits per heavy atom. The van der Waals surface area contributed by atoms with Crippen molar-refractivity contribution in [3.8, 4) is 0 Å². The second kappa shape index (κ2) is 6.11. The van der Waals surface area contributed by atoms with Crippen molar-refractivity contribution < 1.29 is 18.3 Å². The molecule has 0 radical (unpaired) electrons. The van der Waals surface area contributed by atoms with Gasteiger partial charge in [0.05, 0.1) is 11.6 Å². The van der Waals surface area contributed by atoms with E-state index in [9.17, 15) is 18.3 Å². The number of aliphatic hydroxyl groups excluding tert-OH is 1. The Balaban J connectivity index is 2.15. The van der Waals surface area contributed by atoms with Gasteiger partial charge in [-0.15, -0.1) is 0 Å². The maximum absolute atomic E-state index is 13.2. The third-order valence-electron chi connectivity index (χ3n) is 4.78. The summed E-state index contributed by atoms with van der Waals surface area (Å²) in [5, 5.41) is 11.4. The maximum atomic E-state index is 13.2. The van der Waals surface area contributed by atoms with Crippen molar-refractivity contribution in [2.24, 2.45) is 5.92 Å². The van der Waals surface area contributed by atoms with Crippen molar-refractivity contribution in [2.75, 3.05) is 0 Å². The van der Waals surface area contributed by atoms with Gasteiger partial charge in [-0.25, -0.2) is 4.98 Å². The molecule has 0 saturated heterocycles. The second-order valence-corrected chi connectivity index (χ2v) is 6.41. The van der Waals surface area contributed by atoms with Gasteiger partial charge in [-0.3, -0.25) is 0 Å². The molecule has 2 nitrogen and oxygen atoms in total. The van der Waals surface area contributed by atoms with E-state index in [1.54, 1.807) is 25.1 Å². The Morgan fingerprint density at radius 2 is 1.87 bits per heavy atom. The molecule has 124 valence electrons. The van der Waals surface area contributed by atoms with E-state index in [0.29, 0.717) is 22.0 Å². The fourth-order valence-electron chi connectivity index (χ4n) is 3.51. The normalized spacial score (nSPS) is 18.3. The predicted octanol–water partition coefficient (Wildman–Crippen LogP) is 5.18. The lowest BCUT2D eigenvalue weighted by Crippen LogP contribution is -2.18. The summed E-state index contributed by atoms with van der Waals surface area (Å²) in [6, 6.07) is 6.31. The Labute approximate surface area is 133 Å². The van der Waals surface area contributed by atoms with Gasteiger partial charge in [0, 0.05) is 5.39 Å². The average Bonchev–Trinajstić information content (AvgIpc) is 2.54. The number of hydrogen-bond donors (Lipinski definition) is 1. The molecule has 3 rings (SSSR count). The van der Waals surface area contributed by atoms with Gasteiger partial charge in [-0.2, -0.15) is 13.2 Å². The second-order valence-electron chi connectivity index (χ2n) is 6.41. The van der Waals surface area contributed by atoms with E-state index in [1.807, 2.05) is 0 Å². The highest BCUT2D eigenvalue weighted by Gasteiger charge is 2.35. The highest BCUT2D eigenvalue weighted by molar-refractivity contribution is 5.85. The van der Waals surface area contributed by atoms with E-state index in [4.69, 9.17) is 0 Å². The first-order chi connectivity index (χ1) is 10.9. The van der Waals surface area contributed by atoms with Crippen molar-refractivity contribution in [2.45, 2.75) is 51.3 Å². The summed E-state index contributed by atoms with van der Waals surface area (Å²) in [5.41, 5.74) is 0.444. The molecule has 0 bridgehead atoms. The first-order valence-corrected chi connectivity index (χ1v) is 8.03. The number of aromatic nitrogens is 1. The van der Waals surface area contributed by atoms with Crippen LogP contribution in [0.25, 0.3) is 10.9 Å². The maximum Gasteiger partial charge on any atom is 0.433 e. The van der Waals surface area contributed by atoms with E-state index >= 15 is 0 Å². The lowest BCUT2D eigenvalue weighted by atomic mass is 9.81. The zero-order valence-electron chi connectivity index (χ0n) is 13.0. The molecule has 1 saturated carbocycles. The molecule has 1 unspecified atom stereocenters. The van der Waals surface area contributed by atoms with E-state index in [1.165, 1.54) is 0 Å². The van der Waals surface area contributed by atoms with Gasteiger partial charge < -0.3 is 5.11 Å². The lowest BCUT2D eigenvalue weighted by molar-refractivity contribution is -0.141. The van der Waals surface area contributed by atoms with Crippen molar-refractivity contribution in [1.82, 2.24) is 4.98 Å². The van der Waals surface area contributed by atoms with Crippen molar-refractivity contribution >= 4 is 10.9 Å². The van der Waals surface area contributed by atoms with Crippen LogP contribution in [0.5, 0.6) is 0 Å². The summed E-state index contributed by atoms with van der Waals surface area (Å²) in [7, 11) is 0. The van der Waals surface area contributed by atoms with Crippen LogP contribution in [0.1, 0.15) is 55.0 Å². The molecule has 1 aliphatic rings. The first-order valence-electron chi connectivity index (χ1n) is 8.03. The van der Waals surface area contributed by atoms with Crippen molar-refractivity contribution in [1.29, 1.82) is 0 Å². The number of hydrogen-bond acceptors (Lipinski definition) is 2. The molecular weight excluding hydrogens is 303 g/mol. The minimum absolute atomic E-state index is 0.0240. The zero-order valence-corrected chi connectivity index (χ0v) is 13.0. The minimum atomic E-state index is -4.52. The summed E-state index contributed by atoms with van der Waals surface area (Å²) in [6.45, 7) is 1.74. The summed E-state index contributed by atoms with van der Waals surface area (Å²) < 4.78 is 39.6. The van der Waals surface area contributed by atoms with Gasteiger partial charge in [0.15, 0.2) is 0 Å². The van der Waals surface area contributed by atoms with Gasteiger partial charge in [0.2, 0.25) is 0 Å². The van der Waals surface area contributed by atoms with Gasteiger partial charge in [-0.05, 0) is 42.9 Å². The lowest BCUT2D eigenvalue weighted by Gasteiger charge is -2.28. The molecule has 1 N–H and O–H groups in total. The van der Waals surface area contributed by atoms with Gasteiger partial charge in [0.25, 0.3) is 0 Å². The number of halogens is 3. The van der Waals surface area contributed by atoms with Crippen LogP contribution >= 0.6 is 0 Å². The number of aliphatic hydroxyl groups is 1. The Hall–Kier alpha value is -1.62. The molecule has 0 amide bonds. The van der Waals surface area contributed by atoms with Crippen LogP contribution in [0, 0.1) is 12.8 Å². The molecule has 2 aromatic rings. The highest BCUT2D eigenvalue weighted by Crippen LogP contribution is 2.39. The van der Waals surface area contributed by atoms with Crippen molar-refractivity contribution in [3.05, 3.63) is 41.1 Å². The quantitative estimate of drug-likeness (QED) is 0.826. The van der Waals surface area contributed by atoms with Crippen molar-refractivity contribution in [3.63, 3.8) is 0 Å². The molecule has 23 heavy (non-hydrogen) atoms. The molecule has 1 fully saturated rings. The summed E-state index contributed by atoms with van der Waals surface area (Å²) in [4.78, 5) is 3.80. The third kappa shape index (κ3) is 3.20. The fourth-order valence-corrected chi connectivity index (χ4v) is 3.51. The first kappa shape index (κ1) is 16.2. The van der Waals surface area contributed by atoms with Crippen LogP contribution in [-0.4, -0.2) is 10.1 Å². The average molecular weight is 323 g/mol.